The van der Waals surface area contributed by atoms with E-state index in [0.29, 0.717) is 16.9 Å². The molecule has 0 saturated heterocycles. The van der Waals surface area contributed by atoms with Crippen LogP contribution in [0.5, 0.6) is 5.88 Å². The molecule has 0 fully saturated rings. The first-order valence-corrected chi connectivity index (χ1v) is 7.86. The summed E-state index contributed by atoms with van der Waals surface area (Å²) in [6, 6.07) is 7.12. The number of nitrogens with zero attached hydrogens (tertiary/aromatic N) is 3. The predicted octanol–water partition coefficient (Wildman–Crippen LogP) is 2.07. The summed E-state index contributed by atoms with van der Waals surface area (Å²) >= 11 is 0. The van der Waals surface area contributed by atoms with Crippen molar-refractivity contribution >= 4 is 17.5 Å². The third kappa shape index (κ3) is 3.61. The molecule has 1 aromatic carbocycles. The molecule has 0 bridgehead atoms. The van der Waals surface area contributed by atoms with Gasteiger partial charge in [0.15, 0.2) is 0 Å². The first kappa shape index (κ1) is 18.1. The number of rotatable bonds is 5. The van der Waals surface area contributed by atoms with Gasteiger partial charge in [-0.2, -0.15) is 5.10 Å². The van der Waals surface area contributed by atoms with E-state index in [1.165, 1.54) is 42.4 Å². The number of hydrogen-bond acceptors (Lipinski definition) is 5. The van der Waals surface area contributed by atoms with Crippen LogP contribution in [0.2, 0.25) is 0 Å². The normalized spacial score (nSPS) is 10.5. The van der Waals surface area contributed by atoms with E-state index in [1.807, 2.05) is 0 Å². The summed E-state index contributed by atoms with van der Waals surface area (Å²) in [4.78, 5) is 28.0. The van der Waals surface area contributed by atoms with Gasteiger partial charge in [0.2, 0.25) is 5.88 Å². The Hall–Kier alpha value is -3.75. The lowest BCUT2D eigenvalue weighted by molar-refractivity contribution is 0.0992. The van der Waals surface area contributed by atoms with E-state index in [4.69, 9.17) is 10.5 Å². The van der Waals surface area contributed by atoms with Crippen LogP contribution in [0, 0.1) is 12.7 Å². The Balaban J connectivity index is 1.86. The van der Waals surface area contributed by atoms with Crippen molar-refractivity contribution < 1.29 is 18.7 Å². The van der Waals surface area contributed by atoms with E-state index < -0.39 is 11.8 Å². The van der Waals surface area contributed by atoms with Crippen LogP contribution < -0.4 is 15.8 Å². The zero-order valence-electron chi connectivity index (χ0n) is 14.6. The van der Waals surface area contributed by atoms with Crippen LogP contribution in [0.25, 0.3) is 5.69 Å². The smallest absolute Gasteiger partial charge is 0.259 e. The monoisotopic (exact) mass is 369 g/mol. The topological polar surface area (TPSA) is 112 Å². The van der Waals surface area contributed by atoms with Crippen molar-refractivity contribution in [1.82, 2.24) is 14.8 Å². The summed E-state index contributed by atoms with van der Waals surface area (Å²) in [6.45, 7) is 1.71. The fraction of sp³-hybridized carbons (Fsp3) is 0.111. The van der Waals surface area contributed by atoms with E-state index in [2.05, 4.69) is 15.4 Å². The predicted molar refractivity (Wildman–Crippen MR) is 95.5 cm³/mol. The van der Waals surface area contributed by atoms with Crippen molar-refractivity contribution in [2.75, 3.05) is 12.4 Å². The summed E-state index contributed by atoms with van der Waals surface area (Å²) in [5, 5.41) is 6.82. The second kappa shape index (κ2) is 7.24. The highest BCUT2D eigenvalue weighted by Gasteiger charge is 2.17. The van der Waals surface area contributed by atoms with Gasteiger partial charge in [-0.25, -0.2) is 14.1 Å². The molecule has 9 heteroatoms. The van der Waals surface area contributed by atoms with Gasteiger partial charge >= 0.3 is 0 Å². The number of carbonyl (C=O) groups excluding carboxylic acids is 2. The number of amides is 2. The Kier molecular flexibility index (Phi) is 4.84. The molecule has 2 heterocycles. The average Bonchev–Trinajstić information content (AvgIpc) is 3.04. The SMILES string of the molecule is COc1ncc(NC(=O)c2cnn(-c3ccc(F)cc3)c2C)cc1C(N)=O. The van der Waals surface area contributed by atoms with Gasteiger partial charge in [0.05, 0.1) is 42.1 Å². The van der Waals surface area contributed by atoms with Gasteiger partial charge < -0.3 is 15.8 Å². The number of primary amides is 1. The van der Waals surface area contributed by atoms with Gasteiger partial charge in [0.25, 0.3) is 11.8 Å². The first-order chi connectivity index (χ1) is 12.9. The standard InChI is InChI=1S/C18H16FN5O3/c1-10-15(9-22-24(10)13-5-3-11(19)4-6-13)17(26)23-12-7-14(16(20)25)18(27-2)21-8-12/h3-9H,1-2H3,(H2,20,25)(H,23,26). The van der Waals surface area contributed by atoms with E-state index in [9.17, 15) is 14.0 Å². The number of aromatic nitrogens is 3. The van der Waals surface area contributed by atoms with Gasteiger partial charge in [0.1, 0.15) is 11.4 Å². The first-order valence-electron chi connectivity index (χ1n) is 7.86. The highest BCUT2D eigenvalue weighted by atomic mass is 19.1. The van der Waals surface area contributed by atoms with Crippen molar-refractivity contribution in [2.24, 2.45) is 5.73 Å². The lowest BCUT2D eigenvalue weighted by Crippen LogP contribution is -2.16. The molecule has 2 amide bonds. The van der Waals surface area contributed by atoms with Crippen LogP contribution in [-0.4, -0.2) is 33.7 Å². The van der Waals surface area contributed by atoms with E-state index in [1.54, 1.807) is 19.1 Å². The Labute approximate surface area is 153 Å². The zero-order chi connectivity index (χ0) is 19.6. The zero-order valence-corrected chi connectivity index (χ0v) is 14.6. The molecule has 0 aliphatic carbocycles. The third-order valence-electron chi connectivity index (χ3n) is 3.89. The molecule has 138 valence electrons. The largest absolute Gasteiger partial charge is 0.480 e. The summed E-state index contributed by atoms with van der Waals surface area (Å²) in [7, 11) is 1.36. The maximum Gasteiger partial charge on any atom is 0.259 e. The minimum Gasteiger partial charge on any atom is -0.480 e. The van der Waals surface area contributed by atoms with Crippen LogP contribution in [0.15, 0.2) is 42.7 Å². The van der Waals surface area contributed by atoms with Crippen molar-refractivity contribution in [1.29, 1.82) is 0 Å². The lowest BCUT2D eigenvalue weighted by atomic mass is 10.2. The highest BCUT2D eigenvalue weighted by Crippen LogP contribution is 2.20. The second-order valence-electron chi connectivity index (χ2n) is 5.63. The highest BCUT2D eigenvalue weighted by molar-refractivity contribution is 6.05. The van der Waals surface area contributed by atoms with Crippen LogP contribution in [0.1, 0.15) is 26.4 Å². The van der Waals surface area contributed by atoms with E-state index in [-0.39, 0.29) is 22.9 Å². The number of nitrogens with two attached hydrogens (primary N) is 1. The number of ether oxygens (including phenoxy) is 1. The number of carbonyl (C=O) groups is 2. The molecule has 27 heavy (non-hydrogen) atoms. The molecule has 0 aliphatic heterocycles. The molecule has 0 unspecified atom stereocenters. The van der Waals surface area contributed by atoms with Gasteiger partial charge in [0, 0.05) is 0 Å². The molecule has 0 atom stereocenters. The molecule has 3 rings (SSSR count). The molecule has 8 nitrogen and oxygen atoms in total. The quantitative estimate of drug-likeness (QED) is 0.715. The van der Waals surface area contributed by atoms with Gasteiger partial charge in [-0.05, 0) is 37.3 Å². The average molecular weight is 369 g/mol. The molecule has 0 aliphatic rings. The van der Waals surface area contributed by atoms with Crippen LogP contribution in [-0.2, 0) is 0 Å². The lowest BCUT2D eigenvalue weighted by Gasteiger charge is -2.09. The number of anilines is 1. The molecule has 0 saturated carbocycles. The molecular formula is C18H16FN5O3. The van der Waals surface area contributed by atoms with Crippen molar-refractivity contribution in [3.8, 4) is 11.6 Å². The Morgan fingerprint density at radius 1 is 1.19 bits per heavy atom. The van der Waals surface area contributed by atoms with E-state index in [0.717, 1.165) is 0 Å². The molecule has 0 radical (unpaired) electrons. The molecule has 2 aromatic heterocycles. The van der Waals surface area contributed by atoms with Crippen molar-refractivity contribution in [3.63, 3.8) is 0 Å². The van der Waals surface area contributed by atoms with Crippen LogP contribution in [0.3, 0.4) is 0 Å². The fourth-order valence-corrected chi connectivity index (χ4v) is 2.53. The van der Waals surface area contributed by atoms with E-state index >= 15 is 0 Å². The summed E-state index contributed by atoms with van der Waals surface area (Å²) < 4.78 is 19.6. The van der Waals surface area contributed by atoms with Gasteiger partial charge in [-0.15, -0.1) is 0 Å². The molecule has 3 N–H and O–H groups in total. The maximum atomic E-state index is 13.1. The maximum absolute atomic E-state index is 13.1. The number of halogens is 1. The molecule has 3 aromatic rings. The second-order valence-corrected chi connectivity index (χ2v) is 5.63. The number of pyridine rings is 1. The number of hydrogen-bond donors (Lipinski definition) is 2. The third-order valence-corrected chi connectivity index (χ3v) is 3.89. The van der Waals surface area contributed by atoms with Crippen LogP contribution >= 0.6 is 0 Å². The fourth-order valence-electron chi connectivity index (χ4n) is 2.53. The Morgan fingerprint density at radius 3 is 2.52 bits per heavy atom. The summed E-state index contributed by atoms with van der Waals surface area (Å²) in [6.07, 6.45) is 2.75. The van der Waals surface area contributed by atoms with Crippen molar-refractivity contribution in [3.05, 3.63) is 65.4 Å². The number of benzene rings is 1. The summed E-state index contributed by atoms with van der Waals surface area (Å²) in [5.74, 6) is -1.46. The van der Waals surface area contributed by atoms with Gasteiger partial charge in [-0.3, -0.25) is 9.59 Å². The van der Waals surface area contributed by atoms with Crippen molar-refractivity contribution in [2.45, 2.75) is 6.92 Å². The summed E-state index contributed by atoms with van der Waals surface area (Å²) in [5.41, 5.74) is 7.12. The van der Waals surface area contributed by atoms with Gasteiger partial charge in [-0.1, -0.05) is 0 Å². The minimum absolute atomic E-state index is 0.0500. The molecule has 0 spiro atoms. The number of nitrogens with one attached hydrogen (secondary N) is 1. The Bertz CT molecular complexity index is 1010. The molecular weight excluding hydrogens is 353 g/mol. The number of methoxy groups -OCH3 is 1. The minimum atomic E-state index is -0.726. The van der Waals surface area contributed by atoms with Crippen LogP contribution in [0.4, 0.5) is 10.1 Å². The Morgan fingerprint density at radius 2 is 1.89 bits per heavy atom.